The van der Waals surface area contributed by atoms with Gasteiger partial charge >= 0.3 is 0 Å². The molecule has 0 bridgehead atoms. The molecular formula is C12H8Cl2N. The van der Waals surface area contributed by atoms with Crippen LogP contribution < -0.4 is 0 Å². The topological polar surface area (TPSA) is 12.9 Å². The van der Waals surface area contributed by atoms with E-state index < -0.39 is 0 Å². The average molecular weight is 237 g/mol. The van der Waals surface area contributed by atoms with Crippen LogP contribution in [0, 0.1) is 6.42 Å². The van der Waals surface area contributed by atoms with E-state index in [4.69, 9.17) is 23.2 Å². The van der Waals surface area contributed by atoms with Crippen molar-refractivity contribution in [1.82, 2.24) is 4.98 Å². The molecule has 0 aliphatic heterocycles. The van der Waals surface area contributed by atoms with E-state index in [1.807, 2.05) is 36.8 Å². The summed E-state index contributed by atoms with van der Waals surface area (Å²) in [6.45, 7) is 0. The Bertz CT molecular complexity index is 454. The first-order valence-corrected chi connectivity index (χ1v) is 5.23. The maximum atomic E-state index is 6.02. The van der Waals surface area contributed by atoms with Gasteiger partial charge in [0.25, 0.3) is 0 Å². The molecule has 75 valence electrons. The molecule has 0 saturated carbocycles. The molecule has 1 aromatic heterocycles. The molecule has 3 heteroatoms. The maximum absolute atomic E-state index is 6.02. The van der Waals surface area contributed by atoms with Crippen LogP contribution in [0.25, 0.3) is 0 Å². The summed E-state index contributed by atoms with van der Waals surface area (Å²) >= 11 is 11.9. The minimum Gasteiger partial charge on any atom is -0.259 e. The Morgan fingerprint density at radius 3 is 2.47 bits per heavy atom. The van der Waals surface area contributed by atoms with E-state index in [-0.39, 0.29) is 0 Å². The van der Waals surface area contributed by atoms with Gasteiger partial charge in [0.15, 0.2) is 0 Å². The predicted molar refractivity (Wildman–Crippen MR) is 63.2 cm³/mol. The average Bonchev–Trinajstić information content (AvgIpc) is 2.26. The number of aromatic nitrogens is 1. The van der Waals surface area contributed by atoms with E-state index in [0.29, 0.717) is 15.7 Å². The monoisotopic (exact) mass is 236 g/mol. The first kappa shape index (κ1) is 10.5. The number of halogens is 2. The molecule has 2 aromatic rings. The minimum atomic E-state index is 0.489. The smallest absolute Gasteiger partial charge is 0.0814 e. The summed E-state index contributed by atoms with van der Waals surface area (Å²) in [5, 5.41) is 1.01. The van der Waals surface area contributed by atoms with Crippen LogP contribution in [-0.4, -0.2) is 4.98 Å². The van der Waals surface area contributed by atoms with Gasteiger partial charge in [0.1, 0.15) is 0 Å². The molecular weight excluding hydrogens is 229 g/mol. The molecule has 15 heavy (non-hydrogen) atoms. The second-order valence-corrected chi connectivity index (χ2v) is 3.83. The summed E-state index contributed by atoms with van der Waals surface area (Å²) in [6.07, 6.45) is 3.54. The first-order valence-electron chi connectivity index (χ1n) is 4.47. The van der Waals surface area contributed by atoms with Crippen molar-refractivity contribution >= 4 is 23.2 Å². The molecule has 1 aromatic carbocycles. The highest BCUT2D eigenvalue weighted by Crippen LogP contribution is 2.26. The lowest BCUT2D eigenvalue weighted by Gasteiger charge is -2.03. The maximum Gasteiger partial charge on any atom is 0.0814 e. The lowest BCUT2D eigenvalue weighted by Crippen LogP contribution is -1.90. The summed E-state index contributed by atoms with van der Waals surface area (Å²) < 4.78 is 0. The van der Waals surface area contributed by atoms with Crippen LogP contribution in [0.15, 0.2) is 42.6 Å². The molecule has 1 radical (unpaired) electrons. The molecule has 0 N–H and O–H groups in total. The van der Waals surface area contributed by atoms with Gasteiger partial charge in [0.05, 0.1) is 15.7 Å². The SMILES string of the molecule is Clc1ccnc([CH]c2ccccc2)c1Cl. The molecule has 0 saturated heterocycles. The summed E-state index contributed by atoms with van der Waals surface area (Å²) in [5.74, 6) is 0. The summed E-state index contributed by atoms with van der Waals surface area (Å²) in [6, 6.07) is 11.5. The van der Waals surface area contributed by atoms with E-state index in [0.717, 1.165) is 5.56 Å². The number of pyridine rings is 1. The summed E-state index contributed by atoms with van der Waals surface area (Å²) in [5.41, 5.74) is 1.74. The summed E-state index contributed by atoms with van der Waals surface area (Å²) in [4.78, 5) is 4.16. The molecule has 2 rings (SSSR count). The van der Waals surface area contributed by atoms with E-state index >= 15 is 0 Å². The van der Waals surface area contributed by atoms with Crippen molar-refractivity contribution in [1.29, 1.82) is 0 Å². The predicted octanol–water partition coefficient (Wildman–Crippen LogP) is 3.99. The van der Waals surface area contributed by atoms with Gasteiger partial charge in [-0.05, 0) is 11.6 Å². The normalized spacial score (nSPS) is 10.3. The Hall–Kier alpha value is -1.05. The van der Waals surface area contributed by atoms with Crippen molar-refractivity contribution in [2.24, 2.45) is 0 Å². The largest absolute Gasteiger partial charge is 0.259 e. The number of nitrogens with zero attached hydrogens (tertiary/aromatic N) is 1. The van der Waals surface area contributed by atoms with Crippen molar-refractivity contribution in [3.8, 4) is 0 Å². The van der Waals surface area contributed by atoms with Gasteiger partial charge in [-0.3, -0.25) is 4.98 Å². The first-order chi connectivity index (χ1) is 7.27. The lowest BCUT2D eigenvalue weighted by atomic mass is 10.1. The van der Waals surface area contributed by atoms with Crippen LogP contribution >= 0.6 is 23.2 Å². The highest BCUT2D eigenvalue weighted by Gasteiger charge is 2.06. The molecule has 0 amide bonds. The Balaban J connectivity index is 2.29. The zero-order valence-corrected chi connectivity index (χ0v) is 9.33. The molecule has 0 atom stereocenters. The second-order valence-electron chi connectivity index (χ2n) is 3.05. The van der Waals surface area contributed by atoms with Crippen molar-refractivity contribution in [2.75, 3.05) is 0 Å². The lowest BCUT2D eigenvalue weighted by molar-refractivity contribution is 1.22. The molecule has 0 unspecified atom stereocenters. The van der Waals surface area contributed by atoms with Crippen LogP contribution in [0.2, 0.25) is 10.0 Å². The Morgan fingerprint density at radius 1 is 1.00 bits per heavy atom. The van der Waals surface area contributed by atoms with Gasteiger partial charge in [-0.2, -0.15) is 0 Å². The minimum absolute atomic E-state index is 0.489. The Labute approximate surface area is 98.7 Å². The number of rotatable bonds is 2. The van der Waals surface area contributed by atoms with Crippen LogP contribution in [-0.2, 0) is 0 Å². The zero-order chi connectivity index (χ0) is 10.7. The molecule has 0 aliphatic carbocycles. The van der Waals surface area contributed by atoms with Gasteiger partial charge < -0.3 is 0 Å². The van der Waals surface area contributed by atoms with Crippen molar-refractivity contribution in [3.05, 3.63) is 70.3 Å². The number of hydrogen-bond acceptors (Lipinski definition) is 1. The molecule has 0 fully saturated rings. The van der Waals surface area contributed by atoms with Gasteiger partial charge in [-0.15, -0.1) is 0 Å². The highest BCUT2D eigenvalue weighted by atomic mass is 35.5. The van der Waals surface area contributed by atoms with E-state index in [9.17, 15) is 0 Å². The van der Waals surface area contributed by atoms with Gasteiger partial charge in [-0.25, -0.2) is 0 Å². The third-order valence-electron chi connectivity index (χ3n) is 1.97. The molecule has 0 spiro atoms. The van der Waals surface area contributed by atoms with Gasteiger partial charge in [0.2, 0.25) is 0 Å². The van der Waals surface area contributed by atoms with Gasteiger partial charge in [-0.1, -0.05) is 53.5 Å². The fourth-order valence-electron chi connectivity index (χ4n) is 1.24. The van der Waals surface area contributed by atoms with Crippen LogP contribution in [0.3, 0.4) is 0 Å². The summed E-state index contributed by atoms with van der Waals surface area (Å²) in [7, 11) is 0. The van der Waals surface area contributed by atoms with Crippen LogP contribution in [0.5, 0.6) is 0 Å². The fourth-order valence-corrected chi connectivity index (χ4v) is 1.56. The fraction of sp³-hybridized carbons (Fsp3) is 0. The van der Waals surface area contributed by atoms with Crippen LogP contribution in [0.1, 0.15) is 11.3 Å². The third-order valence-corrected chi connectivity index (χ3v) is 2.78. The molecule has 0 aliphatic rings. The Kier molecular flexibility index (Phi) is 3.24. The van der Waals surface area contributed by atoms with Crippen molar-refractivity contribution in [3.63, 3.8) is 0 Å². The molecule has 1 heterocycles. The quantitative estimate of drug-likeness (QED) is 0.769. The second kappa shape index (κ2) is 4.65. The van der Waals surface area contributed by atoms with Gasteiger partial charge in [0, 0.05) is 12.6 Å². The van der Waals surface area contributed by atoms with Crippen molar-refractivity contribution < 1.29 is 0 Å². The highest BCUT2D eigenvalue weighted by molar-refractivity contribution is 6.42. The molecule has 1 nitrogen and oxygen atoms in total. The zero-order valence-electron chi connectivity index (χ0n) is 7.82. The van der Waals surface area contributed by atoms with Crippen LogP contribution in [0.4, 0.5) is 0 Å². The number of benzene rings is 1. The number of hydrogen-bond donors (Lipinski definition) is 0. The third kappa shape index (κ3) is 2.49. The Morgan fingerprint density at radius 2 is 1.73 bits per heavy atom. The standard InChI is InChI=1S/C12H8Cl2N/c13-10-6-7-15-11(12(10)14)8-9-4-2-1-3-5-9/h1-8H. The van der Waals surface area contributed by atoms with E-state index in [2.05, 4.69) is 4.98 Å². The van der Waals surface area contributed by atoms with E-state index in [1.165, 1.54) is 0 Å². The van der Waals surface area contributed by atoms with E-state index in [1.54, 1.807) is 12.3 Å². The van der Waals surface area contributed by atoms with Crippen molar-refractivity contribution in [2.45, 2.75) is 0 Å².